The van der Waals surface area contributed by atoms with E-state index in [1.165, 1.54) is 6.07 Å². The van der Waals surface area contributed by atoms with Gasteiger partial charge in [0, 0.05) is 6.04 Å². The highest BCUT2D eigenvalue weighted by molar-refractivity contribution is 5.90. The van der Waals surface area contributed by atoms with Crippen LogP contribution in [0.1, 0.15) is 25.7 Å². The van der Waals surface area contributed by atoms with Crippen molar-refractivity contribution in [2.75, 3.05) is 5.32 Å². The minimum Gasteiger partial charge on any atom is -0.481 e. The lowest BCUT2D eigenvalue weighted by atomic mass is 9.84. The number of hydrogen-bond acceptors (Lipinski definition) is 2. The lowest BCUT2D eigenvalue weighted by Gasteiger charge is -2.29. The molecule has 0 saturated heterocycles. The molecule has 1 fully saturated rings. The summed E-state index contributed by atoms with van der Waals surface area (Å²) in [5.41, 5.74) is -0.544. The van der Waals surface area contributed by atoms with Crippen LogP contribution in [0, 0.1) is 17.6 Å². The Kier molecular flexibility index (Phi) is 4.72. The highest BCUT2D eigenvalue weighted by Gasteiger charge is 2.32. The van der Waals surface area contributed by atoms with Crippen molar-refractivity contribution in [2.24, 2.45) is 5.92 Å². The van der Waals surface area contributed by atoms with Crippen LogP contribution in [0.3, 0.4) is 0 Å². The van der Waals surface area contributed by atoms with Gasteiger partial charge in [-0.1, -0.05) is 18.9 Å². The Morgan fingerprint density at radius 2 is 1.76 bits per heavy atom. The van der Waals surface area contributed by atoms with Gasteiger partial charge in [-0.3, -0.25) is 4.79 Å². The van der Waals surface area contributed by atoms with Crippen molar-refractivity contribution in [3.63, 3.8) is 0 Å². The minimum absolute atomic E-state index is 0.480. The molecule has 2 unspecified atom stereocenters. The second kappa shape index (κ2) is 6.51. The maximum Gasteiger partial charge on any atom is 0.319 e. The number of para-hydroxylation sites is 1. The molecule has 1 aromatic rings. The smallest absolute Gasteiger partial charge is 0.319 e. The van der Waals surface area contributed by atoms with E-state index in [1.807, 2.05) is 0 Å². The number of carboxylic acid groups (broad SMARTS) is 1. The van der Waals surface area contributed by atoms with E-state index in [9.17, 15) is 18.4 Å². The zero-order valence-electron chi connectivity index (χ0n) is 11.2. The number of carbonyl (C=O) groups excluding carboxylic acids is 1. The van der Waals surface area contributed by atoms with Crippen molar-refractivity contribution in [2.45, 2.75) is 31.7 Å². The predicted octanol–water partition coefficient (Wildman–Crippen LogP) is 2.73. The Hall–Kier alpha value is -2.18. The Bertz CT molecular complexity index is 531. The third-order valence-electron chi connectivity index (χ3n) is 3.60. The number of anilines is 1. The number of carbonyl (C=O) groups is 2. The van der Waals surface area contributed by atoms with Crippen molar-refractivity contribution >= 4 is 17.7 Å². The molecule has 7 heteroatoms. The molecule has 2 amide bonds. The average molecular weight is 298 g/mol. The van der Waals surface area contributed by atoms with Gasteiger partial charge in [-0.25, -0.2) is 13.6 Å². The maximum absolute atomic E-state index is 13.4. The van der Waals surface area contributed by atoms with E-state index in [0.717, 1.165) is 25.0 Å². The fourth-order valence-corrected chi connectivity index (χ4v) is 2.53. The summed E-state index contributed by atoms with van der Waals surface area (Å²) in [6.07, 6.45) is 2.61. The normalized spacial score (nSPS) is 21.6. The van der Waals surface area contributed by atoms with Crippen molar-refractivity contribution in [3.05, 3.63) is 29.8 Å². The largest absolute Gasteiger partial charge is 0.481 e. The van der Waals surface area contributed by atoms with Gasteiger partial charge in [-0.2, -0.15) is 0 Å². The second-order valence-electron chi connectivity index (χ2n) is 5.03. The van der Waals surface area contributed by atoms with E-state index in [1.54, 1.807) is 0 Å². The monoisotopic (exact) mass is 298 g/mol. The molecule has 1 aliphatic rings. The van der Waals surface area contributed by atoms with Gasteiger partial charge in [0.05, 0.1) is 5.92 Å². The first kappa shape index (κ1) is 15.2. The van der Waals surface area contributed by atoms with E-state index in [0.29, 0.717) is 12.8 Å². The van der Waals surface area contributed by atoms with Crippen LogP contribution >= 0.6 is 0 Å². The van der Waals surface area contributed by atoms with Gasteiger partial charge < -0.3 is 15.7 Å². The van der Waals surface area contributed by atoms with Gasteiger partial charge in [-0.05, 0) is 25.0 Å². The molecule has 2 atom stereocenters. The maximum atomic E-state index is 13.4. The summed E-state index contributed by atoms with van der Waals surface area (Å²) in [5.74, 6) is -3.42. The fourth-order valence-electron chi connectivity index (χ4n) is 2.53. The number of nitrogens with one attached hydrogen (secondary N) is 2. The van der Waals surface area contributed by atoms with Crippen molar-refractivity contribution < 1.29 is 23.5 Å². The molecule has 0 aliphatic heterocycles. The first-order valence-electron chi connectivity index (χ1n) is 6.73. The van der Waals surface area contributed by atoms with Crippen LogP contribution in [0.4, 0.5) is 19.3 Å². The molecule has 114 valence electrons. The van der Waals surface area contributed by atoms with E-state index >= 15 is 0 Å². The molecule has 1 aromatic carbocycles. The zero-order chi connectivity index (χ0) is 15.4. The molecule has 0 spiro atoms. The van der Waals surface area contributed by atoms with Crippen LogP contribution in [-0.4, -0.2) is 23.1 Å². The zero-order valence-corrected chi connectivity index (χ0v) is 11.2. The molecule has 3 N–H and O–H groups in total. The predicted molar refractivity (Wildman–Crippen MR) is 71.9 cm³/mol. The molecule has 0 radical (unpaired) electrons. The molecule has 1 aliphatic carbocycles. The number of carboxylic acids is 1. The summed E-state index contributed by atoms with van der Waals surface area (Å²) >= 11 is 0. The van der Waals surface area contributed by atoms with E-state index in [2.05, 4.69) is 10.6 Å². The molecular formula is C14H16F2N2O3. The van der Waals surface area contributed by atoms with Crippen molar-refractivity contribution in [3.8, 4) is 0 Å². The highest BCUT2D eigenvalue weighted by Crippen LogP contribution is 2.25. The van der Waals surface area contributed by atoms with Gasteiger partial charge >= 0.3 is 12.0 Å². The Balaban J connectivity index is 2.02. The molecule has 5 nitrogen and oxygen atoms in total. The fraction of sp³-hybridized carbons (Fsp3) is 0.429. The Morgan fingerprint density at radius 3 is 2.38 bits per heavy atom. The summed E-state index contributed by atoms with van der Waals surface area (Å²) in [6, 6.07) is 1.90. The summed E-state index contributed by atoms with van der Waals surface area (Å²) in [7, 11) is 0. The number of amides is 2. The van der Waals surface area contributed by atoms with Crippen LogP contribution in [0.25, 0.3) is 0 Å². The minimum atomic E-state index is -0.975. The SMILES string of the molecule is O=C(Nc1c(F)cccc1F)NC1CCCCC1C(=O)O. The topological polar surface area (TPSA) is 78.4 Å². The standard InChI is InChI=1S/C14H16F2N2O3/c15-9-5-3-6-10(16)12(9)18-14(21)17-11-7-2-1-4-8(11)13(19)20/h3,5-6,8,11H,1-2,4,7H2,(H,19,20)(H2,17,18,21). The Morgan fingerprint density at radius 1 is 1.14 bits per heavy atom. The number of halogens is 2. The molecule has 0 bridgehead atoms. The van der Waals surface area contributed by atoms with E-state index < -0.39 is 41.3 Å². The summed E-state index contributed by atoms with van der Waals surface area (Å²) in [4.78, 5) is 22.9. The third kappa shape index (κ3) is 3.68. The van der Waals surface area contributed by atoms with E-state index in [-0.39, 0.29) is 0 Å². The van der Waals surface area contributed by atoms with Gasteiger partial charge in [0.1, 0.15) is 17.3 Å². The van der Waals surface area contributed by atoms with Crippen molar-refractivity contribution in [1.82, 2.24) is 5.32 Å². The average Bonchev–Trinajstić information content (AvgIpc) is 2.43. The van der Waals surface area contributed by atoms with Crippen molar-refractivity contribution in [1.29, 1.82) is 0 Å². The molecule has 0 heterocycles. The van der Waals surface area contributed by atoms with Gasteiger partial charge in [0.15, 0.2) is 0 Å². The van der Waals surface area contributed by atoms with Crippen LogP contribution in [0.2, 0.25) is 0 Å². The Labute approximate surface area is 120 Å². The lowest BCUT2D eigenvalue weighted by molar-refractivity contribution is -0.143. The van der Waals surface area contributed by atoms with Crippen LogP contribution < -0.4 is 10.6 Å². The van der Waals surface area contributed by atoms with Crippen LogP contribution in [0.5, 0.6) is 0 Å². The van der Waals surface area contributed by atoms with Crippen LogP contribution in [0.15, 0.2) is 18.2 Å². The number of rotatable bonds is 3. The summed E-state index contributed by atoms with van der Waals surface area (Å²) in [6.45, 7) is 0. The third-order valence-corrected chi connectivity index (χ3v) is 3.60. The highest BCUT2D eigenvalue weighted by atomic mass is 19.1. The lowest BCUT2D eigenvalue weighted by Crippen LogP contribution is -2.46. The van der Waals surface area contributed by atoms with Gasteiger partial charge in [0.2, 0.25) is 0 Å². The van der Waals surface area contributed by atoms with E-state index in [4.69, 9.17) is 5.11 Å². The first-order valence-corrected chi connectivity index (χ1v) is 6.73. The molecule has 1 saturated carbocycles. The number of aliphatic carboxylic acids is 1. The first-order chi connectivity index (χ1) is 9.99. The van der Waals surface area contributed by atoms with Gasteiger partial charge in [-0.15, -0.1) is 0 Å². The summed E-state index contributed by atoms with van der Waals surface area (Å²) < 4.78 is 26.8. The molecule has 2 rings (SSSR count). The summed E-state index contributed by atoms with van der Waals surface area (Å²) in [5, 5.41) is 13.7. The number of hydrogen-bond donors (Lipinski definition) is 3. The molecular weight excluding hydrogens is 282 g/mol. The molecule has 0 aromatic heterocycles. The quantitative estimate of drug-likeness (QED) is 0.803. The van der Waals surface area contributed by atoms with Gasteiger partial charge in [0.25, 0.3) is 0 Å². The molecule has 21 heavy (non-hydrogen) atoms. The second-order valence-corrected chi connectivity index (χ2v) is 5.03. The number of urea groups is 1. The van der Waals surface area contributed by atoms with Crippen LogP contribution in [-0.2, 0) is 4.79 Å². The number of benzene rings is 1.